The van der Waals surface area contributed by atoms with Gasteiger partial charge in [-0.3, -0.25) is 9.48 Å². The molecule has 0 radical (unpaired) electrons. The summed E-state index contributed by atoms with van der Waals surface area (Å²) in [4.78, 5) is 11.7. The van der Waals surface area contributed by atoms with Crippen LogP contribution in [0.2, 0.25) is 5.02 Å². The van der Waals surface area contributed by atoms with E-state index < -0.39 is 5.91 Å². The largest absolute Gasteiger partial charge is 0.506 e. The molecule has 1 aromatic heterocycles. The van der Waals surface area contributed by atoms with E-state index in [-0.39, 0.29) is 17.1 Å². The molecule has 88 valence electrons. The number of nitrogens with zero attached hydrogens (tertiary/aromatic N) is 2. The molecule has 0 aliphatic rings. The first-order valence-electron chi connectivity index (χ1n) is 4.86. The fourth-order valence-electron chi connectivity index (χ4n) is 1.33. The van der Waals surface area contributed by atoms with E-state index in [1.165, 1.54) is 22.9 Å². The molecule has 0 aliphatic carbocycles. The molecule has 0 aliphatic heterocycles. The van der Waals surface area contributed by atoms with Gasteiger partial charge in [0.2, 0.25) is 0 Å². The van der Waals surface area contributed by atoms with Crippen LogP contribution in [-0.2, 0) is 7.05 Å². The van der Waals surface area contributed by atoms with Gasteiger partial charge in [0.25, 0.3) is 5.91 Å². The second kappa shape index (κ2) is 4.47. The molecule has 0 saturated heterocycles. The number of phenolic OH excluding ortho intramolecular Hbond substituents is 1. The highest BCUT2D eigenvalue weighted by Gasteiger charge is 2.11. The van der Waals surface area contributed by atoms with Crippen LogP contribution in [0, 0.1) is 0 Å². The van der Waals surface area contributed by atoms with E-state index >= 15 is 0 Å². The first-order chi connectivity index (χ1) is 8.06. The van der Waals surface area contributed by atoms with Crippen molar-refractivity contribution in [2.24, 2.45) is 7.05 Å². The van der Waals surface area contributed by atoms with E-state index in [9.17, 15) is 9.90 Å². The molecule has 2 aromatic rings. The lowest BCUT2D eigenvalue weighted by molar-refractivity contribution is 0.102. The monoisotopic (exact) mass is 251 g/mol. The third-order valence-electron chi connectivity index (χ3n) is 2.15. The Kier molecular flexibility index (Phi) is 3.01. The van der Waals surface area contributed by atoms with Crippen LogP contribution in [0.3, 0.4) is 0 Å². The number of hydrogen-bond acceptors (Lipinski definition) is 3. The summed E-state index contributed by atoms with van der Waals surface area (Å²) in [6.45, 7) is 0. The van der Waals surface area contributed by atoms with Crippen molar-refractivity contribution < 1.29 is 9.90 Å². The van der Waals surface area contributed by atoms with Gasteiger partial charge in [0.1, 0.15) is 5.75 Å². The van der Waals surface area contributed by atoms with E-state index in [0.29, 0.717) is 5.02 Å². The lowest BCUT2D eigenvalue weighted by Gasteiger charge is -2.05. The number of nitrogens with one attached hydrogen (secondary N) is 1. The molecule has 0 fully saturated rings. The number of halogens is 1. The summed E-state index contributed by atoms with van der Waals surface area (Å²) in [5, 5.41) is 16.4. The number of benzene rings is 1. The third kappa shape index (κ3) is 2.57. The van der Waals surface area contributed by atoms with Crippen LogP contribution >= 0.6 is 11.6 Å². The number of aromatic hydroxyl groups is 1. The third-order valence-corrected chi connectivity index (χ3v) is 2.39. The molecule has 0 unspecified atom stereocenters. The van der Waals surface area contributed by atoms with E-state index in [1.807, 2.05) is 0 Å². The number of phenols is 1. The number of carbonyl (C=O) groups is 1. The second-order valence-electron chi connectivity index (χ2n) is 3.49. The zero-order chi connectivity index (χ0) is 12.4. The molecule has 0 bridgehead atoms. The van der Waals surface area contributed by atoms with Crippen LogP contribution in [0.25, 0.3) is 0 Å². The smallest absolute Gasteiger partial charge is 0.276 e. The second-order valence-corrected chi connectivity index (χ2v) is 3.93. The molecular weight excluding hydrogens is 242 g/mol. The molecule has 17 heavy (non-hydrogen) atoms. The van der Waals surface area contributed by atoms with Gasteiger partial charge in [0, 0.05) is 18.3 Å². The Hall–Kier alpha value is -2.01. The van der Waals surface area contributed by atoms with Gasteiger partial charge in [-0.05, 0) is 24.3 Å². The van der Waals surface area contributed by atoms with Crippen molar-refractivity contribution in [2.45, 2.75) is 0 Å². The number of anilines is 1. The molecule has 6 heteroatoms. The number of rotatable bonds is 2. The molecule has 0 spiro atoms. The molecular formula is C11H10ClN3O2. The summed E-state index contributed by atoms with van der Waals surface area (Å²) in [6, 6.07) is 6.00. The zero-order valence-electron chi connectivity index (χ0n) is 9.01. The van der Waals surface area contributed by atoms with E-state index in [0.717, 1.165) is 0 Å². The zero-order valence-corrected chi connectivity index (χ0v) is 9.77. The van der Waals surface area contributed by atoms with Gasteiger partial charge in [0.15, 0.2) is 5.69 Å². The molecule has 0 atom stereocenters. The van der Waals surface area contributed by atoms with Crippen molar-refractivity contribution in [3.05, 3.63) is 41.2 Å². The van der Waals surface area contributed by atoms with Gasteiger partial charge in [-0.2, -0.15) is 5.10 Å². The lowest BCUT2D eigenvalue weighted by Crippen LogP contribution is -2.13. The van der Waals surface area contributed by atoms with Crippen LogP contribution in [0.1, 0.15) is 10.5 Å². The van der Waals surface area contributed by atoms with Gasteiger partial charge in [0.05, 0.1) is 5.69 Å². The highest BCUT2D eigenvalue weighted by Crippen LogP contribution is 2.26. The van der Waals surface area contributed by atoms with Gasteiger partial charge in [-0.15, -0.1) is 0 Å². The Bertz CT molecular complexity index is 566. The Morgan fingerprint density at radius 3 is 2.88 bits per heavy atom. The van der Waals surface area contributed by atoms with Crippen molar-refractivity contribution in [1.29, 1.82) is 0 Å². The summed E-state index contributed by atoms with van der Waals surface area (Å²) in [5.41, 5.74) is 0.528. The van der Waals surface area contributed by atoms with Crippen LogP contribution in [0.5, 0.6) is 5.75 Å². The van der Waals surface area contributed by atoms with Crippen molar-refractivity contribution in [3.8, 4) is 5.75 Å². The Balaban J connectivity index is 2.21. The van der Waals surface area contributed by atoms with Gasteiger partial charge >= 0.3 is 0 Å². The summed E-state index contributed by atoms with van der Waals surface area (Å²) < 4.78 is 1.52. The maximum atomic E-state index is 11.7. The topological polar surface area (TPSA) is 67.2 Å². The molecule has 1 aromatic carbocycles. The first kappa shape index (κ1) is 11.5. The van der Waals surface area contributed by atoms with E-state index in [4.69, 9.17) is 11.6 Å². The predicted octanol–water partition coefficient (Wildman–Crippen LogP) is 2.03. The van der Waals surface area contributed by atoms with Crippen molar-refractivity contribution in [1.82, 2.24) is 9.78 Å². The highest BCUT2D eigenvalue weighted by atomic mass is 35.5. The van der Waals surface area contributed by atoms with E-state index in [1.54, 1.807) is 19.3 Å². The van der Waals surface area contributed by atoms with Crippen molar-refractivity contribution >= 4 is 23.2 Å². The lowest BCUT2D eigenvalue weighted by atomic mass is 10.3. The fraction of sp³-hybridized carbons (Fsp3) is 0.0909. The standard InChI is InChI=1S/C11H10ClN3O2/c1-15-5-4-8(14-15)11(17)13-9-6-7(12)2-3-10(9)16/h2-6,16H,1H3,(H,13,17). The number of aryl methyl sites for hydroxylation is 1. The highest BCUT2D eigenvalue weighted by molar-refractivity contribution is 6.31. The average Bonchev–Trinajstić information content (AvgIpc) is 2.70. The molecule has 0 saturated carbocycles. The van der Waals surface area contributed by atoms with E-state index in [2.05, 4.69) is 10.4 Å². The minimum atomic E-state index is -0.400. The normalized spacial score (nSPS) is 10.2. The fourth-order valence-corrected chi connectivity index (χ4v) is 1.50. The number of hydrogen-bond donors (Lipinski definition) is 2. The Labute approximate surface area is 103 Å². The minimum Gasteiger partial charge on any atom is -0.506 e. The number of amides is 1. The Morgan fingerprint density at radius 2 is 2.24 bits per heavy atom. The summed E-state index contributed by atoms with van der Waals surface area (Å²) in [7, 11) is 1.72. The Morgan fingerprint density at radius 1 is 1.47 bits per heavy atom. The molecule has 1 heterocycles. The molecule has 2 rings (SSSR count). The quantitative estimate of drug-likeness (QED) is 0.803. The first-order valence-corrected chi connectivity index (χ1v) is 5.23. The van der Waals surface area contributed by atoms with Crippen LogP contribution < -0.4 is 5.32 Å². The minimum absolute atomic E-state index is 0.0429. The summed E-state index contributed by atoms with van der Waals surface area (Å²) >= 11 is 5.77. The van der Waals surface area contributed by atoms with Crippen LogP contribution in [-0.4, -0.2) is 20.8 Å². The molecule has 2 N–H and O–H groups in total. The SMILES string of the molecule is Cn1ccc(C(=O)Nc2cc(Cl)ccc2O)n1. The average molecular weight is 252 g/mol. The number of aromatic nitrogens is 2. The predicted molar refractivity (Wildman–Crippen MR) is 64.3 cm³/mol. The molecule has 1 amide bonds. The van der Waals surface area contributed by atoms with Gasteiger partial charge < -0.3 is 10.4 Å². The van der Waals surface area contributed by atoms with Gasteiger partial charge in [-0.25, -0.2) is 0 Å². The summed E-state index contributed by atoms with van der Waals surface area (Å²) in [6.07, 6.45) is 1.66. The maximum absolute atomic E-state index is 11.7. The maximum Gasteiger partial charge on any atom is 0.276 e. The van der Waals surface area contributed by atoms with Crippen molar-refractivity contribution in [2.75, 3.05) is 5.32 Å². The van der Waals surface area contributed by atoms with Crippen LogP contribution in [0.4, 0.5) is 5.69 Å². The number of carbonyl (C=O) groups excluding carboxylic acids is 1. The molecule has 5 nitrogen and oxygen atoms in total. The summed E-state index contributed by atoms with van der Waals surface area (Å²) in [5.74, 6) is -0.443. The van der Waals surface area contributed by atoms with Crippen LogP contribution in [0.15, 0.2) is 30.5 Å². The van der Waals surface area contributed by atoms with Crippen molar-refractivity contribution in [3.63, 3.8) is 0 Å². The van der Waals surface area contributed by atoms with Gasteiger partial charge in [-0.1, -0.05) is 11.6 Å².